The van der Waals surface area contributed by atoms with Gasteiger partial charge < -0.3 is 10.6 Å². The maximum Gasteiger partial charge on any atom is 0.229 e. The van der Waals surface area contributed by atoms with Crippen LogP contribution >= 0.6 is 11.6 Å². The first-order chi connectivity index (χ1) is 16.5. The highest BCUT2D eigenvalue weighted by molar-refractivity contribution is 6.33. The number of anilines is 1. The van der Waals surface area contributed by atoms with Crippen LogP contribution in [0.4, 0.5) is 10.2 Å². The standard InChI is InChI=1S/C25H24ClFN6O/c1-15(16-4-2-6-19(27)10-16)33-23-11-17(7-8-22(23)31-32-33)20-12-24(29-14-21(20)26)30-25(34)18-5-3-9-28-13-18/h2,4,6-8,10-12,14-15,18,28H,3,5,9,13H2,1H3,(H,29,30,34)/t15-,18-/m1/s1. The van der Waals surface area contributed by atoms with Crippen LogP contribution in [-0.4, -0.2) is 39.0 Å². The Balaban J connectivity index is 1.46. The van der Waals surface area contributed by atoms with Crippen LogP contribution in [0.2, 0.25) is 5.02 Å². The van der Waals surface area contributed by atoms with Crippen molar-refractivity contribution < 1.29 is 9.18 Å². The van der Waals surface area contributed by atoms with Crippen molar-refractivity contribution in [3.8, 4) is 11.1 Å². The van der Waals surface area contributed by atoms with E-state index in [1.165, 1.54) is 12.1 Å². The summed E-state index contributed by atoms with van der Waals surface area (Å²) in [5.74, 6) is 0.0387. The van der Waals surface area contributed by atoms with Crippen LogP contribution in [-0.2, 0) is 4.79 Å². The molecule has 0 radical (unpaired) electrons. The van der Waals surface area contributed by atoms with E-state index in [-0.39, 0.29) is 23.7 Å². The SMILES string of the molecule is C[C@H](c1cccc(F)c1)n1nnc2ccc(-c3cc(NC(=O)[C@@H]4CCCNC4)ncc3Cl)cc21. The molecule has 0 spiro atoms. The normalized spacial score (nSPS) is 17.0. The van der Waals surface area contributed by atoms with Gasteiger partial charge in [0.2, 0.25) is 5.91 Å². The van der Waals surface area contributed by atoms with Gasteiger partial charge in [-0.3, -0.25) is 4.79 Å². The highest BCUT2D eigenvalue weighted by atomic mass is 35.5. The summed E-state index contributed by atoms with van der Waals surface area (Å²) in [6.45, 7) is 3.56. The summed E-state index contributed by atoms with van der Waals surface area (Å²) < 4.78 is 15.5. The van der Waals surface area contributed by atoms with Gasteiger partial charge in [-0.05, 0) is 67.8 Å². The Hall–Kier alpha value is -3.36. The molecule has 0 saturated carbocycles. The van der Waals surface area contributed by atoms with Gasteiger partial charge >= 0.3 is 0 Å². The second-order valence-electron chi connectivity index (χ2n) is 8.55. The first-order valence-electron chi connectivity index (χ1n) is 11.3. The smallest absolute Gasteiger partial charge is 0.229 e. The maximum absolute atomic E-state index is 13.8. The lowest BCUT2D eigenvalue weighted by atomic mass is 9.99. The summed E-state index contributed by atoms with van der Waals surface area (Å²) in [7, 11) is 0. The van der Waals surface area contributed by atoms with E-state index in [2.05, 4.69) is 25.9 Å². The number of pyridine rings is 1. The first-order valence-corrected chi connectivity index (χ1v) is 11.7. The molecule has 174 valence electrons. The molecular formula is C25H24ClFN6O. The average molecular weight is 479 g/mol. The van der Waals surface area contributed by atoms with Crippen molar-refractivity contribution in [3.05, 3.63) is 71.1 Å². The maximum atomic E-state index is 13.8. The van der Waals surface area contributed by atoms with E-state index >= 15 is 0 Å². The predicted octanol–water partition coefficient (Wildman–Crippen LogP) is 4.83. The first kappa shape index (κ1) is 22.4. The van der Waals surface area contributed by atoms with Gasteiger partial charge in [-0.15, -0.1) is 5.10 Å². The fourth-order valence-electron chi connectivity index (χ4n) is 4.33. The summed E-state index contributed by atoms with van der Waals surface area (Å²) >= 11 is 6.49. The molecule has 7 nitrogen and oxygen atoms in total. The number of halogens is 2. The van der Waals surface area contributed by atoms with Gasteiger partial charge in [-0.25, -0.2) is 14.1 Å². The fraction of sp³-hybridized carbons (Fsp3) is 0.280. The van der Waals surface area contributed by atoms with Crippen molar-refractivity contribution in [2.24, 2.45) is 5.92 Å². The van der Waals surface area contributed by atoms with Crippen LogP contribution in [0.25, 0.3) is 22.2 Å². The third kappa shape index (κ3) is 4.51. The summed E-state index contributed by atoms with van der Waals surface area (Å²) in [6.07, 6.45) is 3.38. The molecule has 0 aliphatic carbocycles. The number of carbonyl (C=O) groups excluding carboxylic acids is 1. The predicted molar refractivity (Wildman–Crippen MR) is 130 cm³/mol. The number of nitrogens with zero attached hydrogens (tertiary/aromatic N) is 4. The quantitative estimate of drug-likeness (QED) is 0.429. The van der Waals surface area contributed by atoms with E-state index in [0.717, 1.165) is 47.1 Å². The number of fused-ring (bicyclic) bond motifs is 1. The molecule has 1 amide bonds. The Morgan fingerprint density at radius 3 is 2.94 bits per heavy atom. The number of carbonyl (C=O) groups is 1. The van der Waals surface area contributed by atoms with Crippen LogP contribution in [0.5, 0.6) is 0 Å². The Morgan fingerprint density at radius 2 is 2.15 bits per heavy atom. The van der Waals surface area contributed by atoms with E-state index in [9.17, 15) is 9.18 Å². The summed E-state index contributed by atoms with van der Waals surface area (Å²) in [4.78, 5) is 16.9. The molecule has 1 aliphatic rings. The van der Waals surface area contributed by atoms with Gasteiger partial charge in [0.05, 0.1) is 22.5 Å². The molecule has 2 N–H and O–H groups in total. The minimum Gasteiger partial charge on any atom is -0.316 e. The lowest BCUT2D eigenvalue weighted by Crippen LogP contribution is -2.37. The van der Waals surface area contributed by atoms with Crippen molar-refractivity contribution in [2.45, 2.75) is 25.8 Å². The Bertz CT molecular complexity index is 1350. The number of hydrogen-bond donors (Lipinski definition) is 2. The van der Waals surface area contributed by atoms with Gasteiger partial charge in [0.15, 0.2) is 0 Å². The van der Waals surface area contributed by atoms with Crippen molar-refractivity contribution in [1.29, 1.82) is 0 Å². The molecule has 3 heterocycles. The van der Waals surface area contributed by atoms with Crippen molar-refractivity contribution in [3.63, 3.8) is 0 Å². The van der Waals surface area contributed by atoms with E-state index in [0.29, 0.717) is 17.4 Å². The average Bonchev–Trinajstić information content (AvgIpc) is 3.28. The highest BCUT2D eigenvalue weighted by Crippen LogP contribution is 2.32. The number of rotatable bonds is 5. The number of benzene rings is 2. The number of piperidine rings is 1. The molecule has 0 bridgehead atoms. The lowest BCUT2D eigenvalue weighted by Gasteiger charge is -2.21. The van der Waals surface area contributed by atoms with Gasteiger partial charge in [-0.1, -0.05) is 35.0 Å². The topological polar surface area (TPSA) is 84.7 Å². The van der Waals surface area contributed by atoms with Crippen LogP contribution < -0.4 is 10.6 Å². The Morgan fingerprint density at radius 1 is 1.26 bits per heavy atom. The minimum atomic E-state index is -0.295. The Kier molecular flexibility index (Phi) is 6.26. The summed E-state index contributed by atoms with van der Waals surface area (Å²) in [5, 5.41) is 15.2. The number of nitrogens with one attached hydrogen (secondary N) is 2. The molecule has 2 aromatic carbocycles. The molecule has 9 heteroatoms. The second-order valence-corrected chi connectivity index (χ2v) is 8.96. The number of amides is 1. The molecule has 1 aliphatic heterocycles. The highest BCUT2D eigenvalue weighted by Gasteiger charge is 2.22. The minimum absolute atomic E-state index is 0.0466. The van der Waals surface area contributed by atoms with E-state index in [1.54, 1.807) is 23.0 Å². The fourth-order valence-corrected chi connectivity index (χ4v) is 4.54. The third-order valence-electron chi connectivity index (χ3n) is 6.25. The summed E-state index contributed by atoms with van der Waals surface area (Å²) in [6, 6.07) is 13.7. The molecular weight excluding hydrogens is 455 g/mol. The monoisotopic (exact) mass is 478 g/mol. The largest absolute Gasteiger partial charge is 0.316 e. The second kappa shape index (κ2) is 9.48. The number of hydrogen-bond acceptors (Lipinski definition) is 5. The molecule has 4 aromatic rings. The summed E-state index contributed by atoms with van der Waals surface area (Å²) in [5.41, 5.74) is 3.88. The zero-order chi connectivity index (χ0) is 23.7. The molecule has 1 saturated heterocycles. The van der Waals surface area contributed by atoms with Crippen LogP contribution in [0, 0.1) is 11.7 Å². The van der Waals surface area contributed by atoms with Gasteiger partial charge in [0, 0.05) is 18.3 Å². The number of aromatic nitrogens is 4. The molecule has 34 heavy (non-hydrogen) atoms. The Labute approximate surface area is 201 Å². The molecule has 1 fully saturated rings. The van der Waals surface area contributed by atoms with Crippen molar-refractivity contribution in [1.82, 2.24) is 25.3 Å². The van der Waals surface area contributed by atoms with E-state index in [1.807, 2.05) is 31.2 Å². The van der Waals surface area contributed by atoms with E-state index in [4.69, 9.17) is 11.6 Å². The van der Waals surface area contributed by atoms with E-state index < -0.39 is 0 Å². The zero-order valence-electron chi connectivity index (χ0n) is 18.6. The third-order valence-corrected chi connectivity index (χ3v) is 6.56. The van der Waals surface area contributed by atoms with Crippen LogP contribution in [0.1, 0.15) is 31.4 Å². The van der Waals surface area contributed by atoms with Crippen molar-refractivity contribution in [2.75, 3.05) is 18.4 Å². The molecule has 5 rings (SSSR count). The molecule has 0 unspecified atom stereocenters. The van der Waals surface area contributed by atoms with Crippen LogP contribution in [0.15, 0.2) is 54.7 Å². The lowest BCUT2D eigenvalue weighted by molar-refractivity contribution is -0.120. The molecule has 2 aromatic heterocycles. The van der Waals surface area contributed by atoms with Gasteiger partial charge in [-0.2, -0.15) is 0 Å². The zero-order valence-corrected chi connectivity index (χ0v) is 19.4. The van der Waals surface area contributed by atoms with Gasteiger partial charge in [0.1, 0.15) is 17.2 Å². The van der Waals surface area contributed by atoms with Crippen molar-refractivity contribution >= 4 is 34.4 Å². The van der Waals surface area contributed by atoms with Crippen LogP contribution in [0.3, 0.4) is 0 Å². The van der Waals surface area contributed by atoms with Gasteiger partial charge in [0.25, 0.3) is 0 Å². The molecule has 2 atom stereocenters.